The minimum Gasteiger partial charge on any atom is -0.505 e. The van der Waals surface area contributed by atoms with E-state index in [1.807, 2.05) is 97.1 Å². The molecule has 0 saturated carbocycles. The maximum atomic E-state index is 10.6. The Balaban J connectivity index is 0.995. The molecule has 0 bridgehead atoms. The number of aromatic hydroxyl groups is 8. The number of hydrogen-bond acceptors (Lipinski definition) is 10. The first-order chi connectivity index (χ1) is 32.1. The van der Waals surface area contributed by atoms with Crippen LogP contribution in [0.1, 0.15) is 11.1 Å². The molecule has 0 unspecified atom stereocenters. The van der Waals surface area contributed by atoms with Crippen LogP contribution in [-0.2, 0) is 0 Å². The molecule has 7 aromatic carbocycles. The monoisotopic (exact) mass is 898 g/mol. The number of pyridine rings is 2. The summed E-state index contributed by atoms with van der Waals surface area (Å²) in [6.45, 7) is 3.57. The molecular formula is C54H37B2ClN2O8. The number of aromatic nitrogens is 2. The molecule has 0 aliphatic heterocycles. The summed E-state index contributed by atoms with van der Waals surface area (Å²) in [6, 6.07) is 41.8. The van der Waals surface area contributed by atoms with Crippen molar-refractivity contribution < 1.29 is 40.9 Å². The van der Waals surface area contributed by atoms with Gasteiger partial charge in [-0.25, -0.2) is 0 Å². The molecule has 0 aliphatic carbocycles. The van der Waals surface area contributed by atoms with Crippen molar-refractivity contribution in [3.8, 4) is 135 Å². The predicted octanol–water partition coefficient (Wildman–Crippen LogP) is 10.3. The van der Waals surface area contributed by atoms with Crippen LogP contribution in [0.15, 0.2) is 140 Å². The number of phenols is 8. The van der Waals surface area contributed by atoms with E-state index < -0.39 is 46.0 Å². The van der Waals surface area contributed by atoms with Crippen LogP contribution in [0, 0.1) is 13.8 Å². The van der Waals surface area contributed by atoms with Crippen molar-refractivity contribution in [2.24, 2.45) is 0 Å². The Morgan fingerprint density at radius 2 is 0.672 bits per heavy atom. The summed E-state index contributed by atoms with van der Waals surface area (Å²) >= 11 is 6.90. The third-order valence-electron chi connectivity index (χ3n) is 12.0. The molecule has 0 amide bonds. The number of aryl methyl sites for hydroxylation is 2. The summed E-state index contributed by atoms with van der Waals surface area (Å²) in [4.78, 5) is 9.20. The lowest BCUT2D eigenvalue weighted by atomic mass is 9.84. The third-order valence-corrected chi connectivity index (χ3v) is 12.2. The third kappa shape index (κ3) is 7.77. The van der Waals surface area contributed by atoms with Gasteiger partial charge in [-0.05, 0) is 111 Å². The molecule has 0 fully saturated rings. The van der Waals surface area contributed by atoms with Gasteiger partial charge in [0.25, 0.3) is 0 Å². The quantitative estimate of drug-likeness (QED) is 0.0414. The van der Waals surface area contributed by atoms with Gasteiger partial charge in [-0.15, -0.1) is 0 Å². The molecule has 13 heteroatoms. The molecule has 0 atom stereocenters. The molecule has 0 spiro atoms. The number of benzene rings is 7. The minimum absolute atomic E-state index is 0.0393. The van der Waals surface area contributed by atoms with Crippen molar-refractivity contribution >= 4 is 38.2 Å². The molecule has 2 aromatic heterocycles. The van der Waals surface area contributed by atoms with Gasteiger partial charge in [0.05, 0.1) is 11.4 Å². The molecule has 8 N–H and O–H groups in total. The van der Waals surface area contributed by atoms with Crippen LogP contribution in [0.5, 0.6) is 46.0 Å². The fraction of sp³-hybridized carbons (Fsp3) is 0.0370. The summed E-state index contributed by atoms with van der Waals surface area (Å²) in [6.07, 6.45) is 2.99. The molecule has 324 valence electrons. The predicted molar refractivity (Wildman–Crippen MR) is 264 cm³/mol. The van der Waals surface area contributed by atoms with Gasteiger partial charge in [-0.2, -0.15) is 0 Å². The van der Waals surface area contributed by atoms with Crippen LogP contribution in [0.25, 0.3) is 89.3 Å². The highest BCUT2D eigenvalue weighted by Crippen LogP contribution is 2.48. The van der Waals surface area contributed by atoms with Crippen molar-refractivity contribution in [1.29, 1.82) is 0 Å². The molecule has 4 radical (unpaired) electrons. The standard InChI is InChI=1S/C54H37B2ClN2O8/c1-26-19-41(58-24-39(26)43-45(55)49(62)53(66)51(64)47(43)60)30-15-11-28(12-16-30)35-7-3-5-9-37(35)32-21-33(23-34(57)22-32)38-10-6-4-8-36(38)29-13-17-31(18-14-29)42-20-27(2)40(25-59-42)44-46(56)50(63)54(67)52(65)48(44)61/h3-25,60-67H,1-2H3. The zero-order valence-electron chi connectivity index (χ0n) is 35.8. The van der Waals surface area contributed by atoms with Gasteiger partial charge in [-0.1, -0.05) is 109 Å². The van der Waals surface area contributed by atoms with E-state index in [2.05, 4.69) is 40.3 Å². The van der Waals surface area contributed by atoms with Crippen LogP contribution in [-0.4, -0.2) is 66.5 Å². The van der Waals surface area contributed by atoms with Gasteiger partial charge in [0.2, 0.25) is 23.0 Å². The van der Waals surface area contributed by atoms with Crippen LogP contribution >= 0.6 is 11.6 Å². The van der Waals surface area contributed by atoms with E-state index >= 15 is 0 Å². The maximum absolute atomic E-state index is 10.6. The van der Waals surface area contributed by atoms with Crippen LogP contribution in [0.2, 0.25) is 5.02 Å². The molecule has 10 nitrogen and oxygen atoms in total. The second-order valence-electron chi connectivity index (χ2n) is 16.1. The Bertz CT molecular complexity index is 3170. The highest BCUT2D eigenvalue weighted by atomic mass is 35.5. The van der Waals surface area contributed by atoms with Crippen molar-refractivity contribution in [1.82, 2.24) is 9.97 Å². The van der Waals surface area contributed by atoms with E-state index in [1.54, 1.807) is 13.8 Å². The van der Waals surface area contributed by atoms with E-state index in [9.17, 15) is 40.9 Å². The van der Waals surface area contributed by atoms with Gasteiger partial charge in [-0.3, -0.25) is 9.97 Å². The highest BCUT2D eigenvalue weighted by Gasteiger charge is 2.25. The lowest BCUT2D eigenvalue weighted by molar-refractivity contribution is 0.348. The van der Waals surface area contributed by atoms with Gasteiger partial charge >= 0.3 is 0 Å². The maximum Gasteiger partial charge on any atom is 0.204 e. The van der Waals surface area contributed by atoms with Crippen LogP contribution < -0.4 is 10.9 Å². The van der Waals surface area contributed by atoms with Crippen LogP contribution in [0.4, 0.5) is 0 Å². The average Bonchev–Trinajstić information content (AvgIpc) is 3.34. The summed E-state index contributed by atoms with van der Waals surface area (Å²) in [5, 5.41) is 82.3. The van der Waals surface area contributed by atoms with Gasteiger partial charge in [0.15, 0.2) is 23.0 Å². The van der Waals surface area contributed by atoms with E-state index in [0.717, 1.165) is 55.6 Å². The summed E-state index contributed by atoms with van der Waals surface area (Å²) in [7, 11) is 12.0. The number of halogens is 1. The lowest BCUT2D eigenvalue weighted by Gasteiger charge is -2.17. The Morgan fingerprint density at radius 3 is 1.01 bits per heavy atom. The van der Waals surface area contributed by atoms with Crippen molar-refractivity contribution in [3.63, 3.8) is 0 Å². The number of hydrogen-bond donors (Lipinski definition) is 8. The van der Waals surface area contributed by atoms with Crippen molar-refractivity contribution in [3.05, 3.63) is 156 Å². The molecule has 2 heterocycles. The number of nitrogens with zero attached hydrogens (tertiary/aromatic N) is 2. The summed E-state index contributed by atoms with van der Waals surface area (Å²) in [5.41, 5.74) is 12.0. The van der Waals surface area contributed by atoms with Gasteiger partial charge in [0.1, 0.15) is 15.7 Å². The lowest BCUT2D eigenvalue weighted by Crippen LogP contribution is -2.09. The smallest absolute Gasteiger partial charge is 0.204 e. The largest absolute Gasteiger partial charge is 0.505 e. The molecule has 67 heavy (non-hydrogen) atoms. The Kier molecular flexibility index (Phi) is 11.3. The fourth-order valence-corrected chi connectivity index (χ4v) is 8.68. The normalized spacial score (nSPS) is 11.2. The second-order valence-corrected chi connectivity index (χ2v) is 16.5. The molecule has 0 aliphatic rings. The van der Waals surface area contributed by atoms with E-state index in [4.69, 9.17) is 27.3 Å². The van der Waals surface area contributed by atoms with Crippen molar-refractivity contribution in [2.45, 2.75) is 13.8 Å². The Labute approximate surface area is 392 Å². The molecule has 0 saturated heterocycles. The molecule has 9 aromatic rings. The fourth-order valence-electron chi connectivity index (χ4n) is 8.44. The summed E-state index contributed by atoms with van der Waals surface area (Å²) < 4.78 is 0. The Morgan fingerprint density at radius 1 is 0.358 bits per heavy atom. The zero-order valence-corrected chi connectivity index (χ0v) is 36.5. The van der Waals surface area contributed by atoms with Gasteiger partial charge < -0.3 is 40.9 Å². The number of rotatable bonds is 8. The topological polar surface area (TPSA) is 188 Å². The van der Waals surface area contributed by atoms with Crippen molar-refractivity contribution in [2.75, 3.05) is 0 Å². The summed E-state index contributed by atoms with van der Waals surface area (Å²) in [5.74, 6) is -6.38. The van der Waals surface area contributed by atoms with Crippen LogP contribution in [0.3, 0.4) is 0 Å². The minimum atomic E-state index is -0.906. The van der Waals surface area contributed by atoms with E-state index in [1.165, 1.54) is 12.4 Å². The molecular weight excluding hydrogens is 862 g/mol. The molecule has 9 rings (SSSR count). The Hall–Kier alpha value is -8.34. The SMILES string of the molecule is [B]c1c(O)c(O)c(O)c(O)c1-c1cnc(-c2ccc(-c3ccccc3-c3cc(Cl)cc(-c4ccccc4-c4ccc(-c5cc(C)c(-c6c([B])c(O)c(O)c(O)c6O)cn5)cc4)c3)cc2)cc1C. The first-order valence-corrected chi connectivity index (χ1v) is 21.2. The number of phenolic OH excluding ortho intramolecular Hbond substituents is 8. The van der Waals surface area contributed by atoms with E-state index in [-0.39, 0.29) is 22.1 Å². The first-order valence-electron chi connectivity index (χ1n) is 20.8. The first kappa shape index (κ1) is 43.9. The zero-order chi connectivity index (χ0) is 47.4. The highest BCUT2D eigenvalue weighted by molar-refractivity contribution is 6.39. The second kappa shape index (κ2) is 17.2. The van der Waals surface area contributed by atoms with Gasteiger partial charge in [0, 0.05) is 50.8 Å². The van der Waals surface area contributed by atoms with E-state index in [0.29, 0.717) is 38.7 Å². The average molecular weight is 899 g/mol.